The Morgan fingerprint density at radius 1 is 1.53 bits per heavy atom. The van der Waals surface area contributed by atoms with Gasteiger partial charge in [-0.05, 0) is 25.8 Å². The Balaban J connectivity index is 2.77. The smallest absolute Gasteiger partial charge is 0.253 e. The van der Waals surface area contributed by atoms with E-state index in [0.29, 0.717) is 5.56 Å². The number of hydrogen-bond acceptors (Lipinski definition) is 2. The van der Waals surface area contributed by atoms with Crippen molar-refractivity contribution in [2.24, 2.45) is 0 Å². The summed E-state index contributed by atoms with van der Waals surface area (Å²) in [5, 5.41) is 3.83. The Bertz CT molecular complexity index is 424. The number of rotatable bonds is 5. The number of pyridine rings is 1. The van der Waals surface area contributed by atoms with Crippen LogP contribution in [0.1, 0.15) is 37.0 Å². The Hall–Kier alpha value is -1.10. The molecule has 0 aliphatic rings. The lowest BCUT2D eigenvalue weighted by atomic mass is 9.95. The highest BCUT2D eigenvalue weighted by Crippen LogP contribution is 2.16. The molecule has 0 aliphatic heterocycles. The zero-order chi connectivity index (χ0) is 12.9. The molecule has 1 heterocycles. The van der Waals surface area contributed by atoms with Crippen LogP contribution in [0.25, 0.3) is 0 Å². The SMILES string of the molecule is CCC(C)(CCBr)NC(=O)c1ccc(=O)[nH]c1. The number of halogens is 1. The molecule has 5 heteroatoms. The fourth-order valence-electron chi connectivity index (χ4n) is 1.43. The minimum Gasteiger partial charge on any atom is -0.347 e. The monoisotopic (exact) mass is 300 g/mol. The molecule has 0 aliphatic carbocycles. The molecule has 0 aromatic carbocycles. The van der Waals surface area contributed by atoms with Crippen molar-refractivity contribution in [2.45, 2.75) is 32.2 Å². The van der Waals surface area contributed by atoms with Crippen molar-refractivity contribution in [2.75, 3.05) is 5.33 Å². The van der Waals surface area contributed by atoms with Gasteiger partial charge in [0.25, 0.3) is 5.91 Å². The van der Waals surface area contributed by atoms with Crippen molar-refractivity contribution < 1.29 is 4.79 Å². The van der Waals surface area contributed by atoms with Crippen LogP contribution < -0.4 is 10.9 Å². The van der Waals surface area contributed by atoms with Crippen LogP contribution in [0.4, 0.5) is 0 Å². The van der Waals surface area contributed by atoms with Crippen molar-refractivity contribution in [1.29, 1.82) is 0 Å². The lowest BCUT2D eigenvalue weighted by Gasteiger charge is -2.29. The molecule has 2 N–H and O–H groups in total. The molecule has 1 atom stereocenters. The third-order valence-electron chi connectivity index (χ3n) is 2.89. The molecule has 0 radical (unpaired) electrons. The van der Waals surface area contributed by atoms with Crippen LogP contribution in [0.3, 0.4) is 0 Å². The van der Waals surface area contributed by atoms with E-state index in [2.05, 4.69) is 26.2 Å². The molecule has 0 saturated carbocycles. The van der Waals surface area contributed by atoms with E-state index < -0.39 is 0 Å². The van der Waals surface area contributed by atoms with E-state index in [4.69, 9.17) is 0 Å². The second-order valence-corrected chi connectivity index (χ2v) is 5.04. The third-order valence-corrected chi connectivity index (χ3v) is 3.28. The highest BCUT2D eigenvalue weighted by Gasteiger charge is 2.23. The Morgan fingerprint density at radius 3 is 2.71 bits per heavy atom. The van der Waals surface area contributed by atoms with Gasteiger partial charge in [-0.1, -0.05) is 22.9 Å². The fraction of sp³-hybridized carbons (Fsp3) is 0.500. The molecule has 0 bridgehead atoms. The summed E-state index contributed by atoms with van der Waals surface area (Å²) in [6, 6.07) is 2.88. The standard InChI is InChI=1S/C12H17BrN2O2/c1-3-12(2,6-7-13)15-11(17)9-4-5-10(16)14-8-9/h4-5,8H,3,6-7H2,1-2H3,(H,14,16)(H,15,17). The van der Waals surface area contributed by atoms with E-state index >= 15 is 0 Å². The predicted molar refractivity (Wildman–Crippen MR) is 71.6 cm³/mol. The molecule has 94 valence electrons. The first-order valence-electron chi connectivity index (χ1n) is 5.58. The van der Waals surface area contributed by atoms with Gasteiger partial charge in [0.15, 0.2) is 0 Å². The average Bonchev–Trinajstić information content (AvgIpc) is 2.30. The summed E-state index contributed by atoms with van der Waals surface area (Å²) < 4.78 is 0. The summed E-state index contributed by atoms with van der Waals surface area (Å²) in [4.78, 5) is 25.3. The summed E-state index contributed by atoms with van der Waals surface area (Å²) in [5.41, 5.74) is 0.0376. The van der Waals surface area contributed by atoms with E-state index in [0.717, 1.165) is 18.2 Å². The maximum Gasteiger partial charge on any atom is 0.253 e. The molecule has 1 amide bonds. The van der Waals surface area contributed by atoms with Crippen LogP contribution in [-0.2, 0) is 0 Å². The molecule has 0 spiro atoms. The lowest BCUT2D eigenvalue weighted by molar-refractivity contribution is 0.0901. The van der Waals surface area contributed by atoms with Gasteiger partial charge < -0.3 is 10.3 Å². The van der Waals surface area contributed by atoms with E-state index in [-0.39, 0.29) is 17.0 Å². The quantitative estimate of drug-likeness (QED) is 0.818. The third kappa shape index (κ3) is 4.00. The summed E-state index contributed by atoms with van der Waals surface area (Å²) in [6.07, 6.45) is 3.15. The molecule has 0 saturated heterocycles. The zero-order valence-corrected chi connectivity index (χ0v) is 11.6. The molecule has 4 nitrogen and oxygen atoms in total. The summed E-state index contributed by atoms with van der Waals surface area (Å²) in [7, 11) is 0. The maximum atomic E-state index is 12.0. The summed E-state index contributed by atoms with van der Waals surface area (Å²) >= 11 is 3.38. The van der Waals surface area contributed by atoms with Gasteiger partial charge in [-0.3, -0.25) is 9.59 Å². The number of hydrogen-bond donors (Lipinski definition) is 2. The summed E-state index contributed by atoms with van der Waals surface area (Å²) in [6.45, 7) is 4.05. The van der Waals surface area contributed by atoms with E-state index in [9.17, 15) is 9.59 Å². The summed E-state index contributed by atoms with van der Waals surface area (Å²) in [5.74, 6) is -0.161. The van der Waals surface area contributed by atoms with Gasteiger partial charge >= 0.3 is 0 Å². The highest BCUT2D eigenvalue weighted by molar-refractivity contribution is 9.09. The average molecular weight is 301 g/mol. The van der Waals surface area contributed by atoms with Gasteiger partial charge in [-0.25, -0.2) is 0 Å². The fourth-order valence-corrected chi connectivity index (χ4v) is 2.31. The van der Waals surface area contributed by atoms with Gasteiger partial charge in [0, 0.05) is 23.1 Å². The van der Waals surface area contributed by atoms with Crippen LogP contribution in [0.15, 0.2) is 23.1 Å². The second kappa shape index (κ2) is 6.00. The molecule has 1 aromatic heterocycles. The highest BCUT2D eigenvalue weighted by atomic mass is 79.9. The maximum absolute atomic E-state index is 12.0. The molecule has 1 aromatic rings. The van der Waals surface area contributed by atoms with Gasteiger partial charge in [-0.15, -0.1) is 0 Å². The second-order valence-electron chi connectivity index (χ2n) is 4.25. The number of amides is 1. The molecule has 1 unspecified atom stereocenters. The number of nitrogens with one attached hydrogen (secondary N) is 2. The molecular weight excluding hydrogens is 284 g/mol. The number of alkyl halides is 1. The van der Waals surface area contributed by atoms with Crippen LogP contribution in [-0.4, -0.2) is 21.8 Å². The van der Waals surface area contributed by atoms with Gasteiger partial charge in [0.05, 0.1) is 5.56 Å². The Labute approximate surface area is 109 Å². The molecule has 0 fully saturated rings. The van der Waals surface area contributed by atoms with Gasteiger partial charge in [0.2, 0.25) is 5.56 Å². The van der Waals surface area contributed by atoms with Crippen LogP contribution >= 0.6 is 15.9 Å². The van der Waals surface area contributed by atoms with Crippen LogP contribution in [0.2, 0.25) is 0 Å². The van der Waals surface area contributed by atoms with Crippen LogP contribution in [0, 0.1) is 0 Å². The predicted octanol–water partition coefficient (Wildman–Crippen LogP) is 2.06. The lowest BCUT2D eigenvalue weighted by Crippen LogP contribution is -2.45. The number of carbonyl (C=O) groups is 1. The van der Waals surface area contributed by atoms with Crippen molar-refractivity contribution in [1.82, 2.24) is 10.3 Å². The van der Waals surface area contributed by atoms with E-state index in [1.807, 2.05) is 13.8 Å². The zero-order valence-electron chi connectivity index (χ0n) is 10.0. The van der Waals surface area contributed by atoms with E-state index in [1.54, 1.807) is 0 Å². The Kier molecular flexibility index (Phi) is 4.93. The van der Waals surface area contributed by atoms with Crippen molar-refractivity contribution >= 4 is 21.8 Å². The number of H-pyrrole nitrogens is 1. The first-order valence-corrected chi connectivity index (χ1v) is 6.70. The Morgan fingerprint density at radius 2 is 2.24 bits per heavy atom. The van der Waals surface area contributed by atoms with Crippen LogP contribution in [0.5, 0.6) is 0 Å². The molecule has 1 rings (SSSR count). The normalized spacial score (nSPS) is 14.1. The first-order chi connectivity index (χ1) is 8.00. The number of carbonyl (C=O) groups excluding carboxylic acids is 1. The van der Waals surface area contributed by atoms with Gasteiger partial charge in [-0.2, -0.15) is 0 Å². The number of aromatic amines is 1. The van der Waals surface area contributed by atoms with Gasteiger partial charge in [0.1, 0.15) is 0 Å². The van der Waals surface area contributed by atoms with Crippen molar-refractivity contribution in [3.63, 3.8) is 0 Å². The minimum absolute atomic E-state index is 0.161. The first kappa shape index (κ1) is 14.0. The van der Waals surface area contributed by atoms with Crippen molar-refractivity contribution in [3.8, 4) is 0 Å². The number of aromatic nitrogens is 1. The topological polar surface area (TPSA) is 62.0 Å². The van der Waals surface area contributed by atoms with E-state index in [1.165, 1.54) is 18.3 Å². The largest absolute Gasteiger partial charge is 0.347 e. The molecule has 17 heavy (non-hydrogen) atoms. The molecular formula is C12H17BrN2O2. The van der Waals surface area contributed by atoms with Crippen molar-refractivity contribution in [3.05, 3.63) is 34.2 Å². The minimum atomic E-state index is -0.225.